The molecule has 1 aliphatic heterocycles. The van der Waals surface area contributed by atoms with Crippen LogP contribution in [-0.4, -0.2) is 36.4 Å². The SMILES string of the molecule is O=C(NCc1ccccc1)C1CCN(C(=O)CCCOc2cccc(F)c2)CC1. The van der Waals surface area contributed by atoms with Gasteiger partial charge < -0.3 is 15.0 Å². The molecule has 1 N–H and O–H groups in total. The summed E-state index contributed by atoms with van der Waals surface area (Å²) < 4.78 is 18.6. The van der Waals surface area contributed by atoms with Crippen LogP contribution in [0.3, 0.4) is 0 Å². The lowest BCUT2D eigenvalue weighted by molar-refractivity contribution is -0.135. The summed E-state index contributed by atoms with van der Waals surface area (Å²) in [7, 11) is 0. The van der Waals surface area contributed by atoms with Gasteiger partial charge in [0.15, 0.2) is 0 Å². The van der Waals surface area contributed by atoms with Gasteiger partial charge in [0.05, 0.1) is 6.61 Å². The number of carbonyl (C=O) groups excluding carboxylic acids is 2. The van der Waals surface area contributed by atoms with Gasteiger partial charge in [-0.2, -0.15) is 0 Å². The summed E-state index contributed by atoms with van der Waals surface area (Å²) in [6.45, 7) is 2.11. The number of benzene rings is 2. The number of halogens is 1. The molecule has 0 aliphatic carbocycles. The average Bonchev–Trinajstić information content (AvgIpc) is 2.76. The topological polar surface area (TPSA) is 58.6 Å². The molecule has 3 rings (SSSR count). The van der Waals surface area contributed by atoms with Gasteiger partial charge in [-0.25, -0.2) is 4.39 Å². The number of carbonyl (C=O) groups is 2. The number of nitrogens with zero attached hydrogens (tertiary/aromatic N) is 1. The quantitative estimate of drug-likeness (QED) is 0.692. The van der Waals surface area contributed by atoms with Crippen LogP contribution in [-0.2, 0) is 16.1 Å². The third kappa shape index (κ3) is 6.59. The molecule has 0 spiro atoms. The van der Waals surface area contributed by atoms with Crippen molar-refractivity contribution in [2.24, 2.45) is 5.92 Å². The van der Waals surface area contributed by atoms with Gasteiger partial charge in [-0.3, -0.25) is 9.59 Å². The van der Waals surface area contributed by atoms with Crippen molar-refractivity contribution in [2.45, 2.75) is 32.2 Å². The standard InChI is InChI=1S/C23H27FN2O3/c24-20-8-4-9-21(16-20)29-15-5-10-22(27)26-13-11-19(12-14-26)23(28)25-17-18-6-2-1-3-7-18/h1-4,6-9,16,19H,5,10-15,17H2,(H,25,28). The second-order valence-corrected chi connectivity index (χ2v) is 7.27. The van der Waals surface area contributed by atoms with Gasteiger partial charge >= 0.3 is 0 Å². The maximum absolute atomic E-state index is 13.1. The van der Waals surface area contributed by atoms with E-state index in [-0.39, 0.29) is 23.5 Å². The van der Waals surface area contributed by atoms with Gasteiger partial charge in [0, 0.05) is 38.0 Å². The Bertz CT molecular complexity index is 805. The van der Waals surface area contributed by atoms with Gasteiger partial charge in [0.2, 0.25) is 11.8 Å². The molecule has 5 nitrogen and oxygen atoms in total. The van der Waals surface area contributed by atoms with Crippen LogP contribution in [0.5, 0.6) is 5.75 Å². The van der Waals surface area contributed by atoms with Crippen LogP contribution < -0.4 is 10.1 Å². The zero-order chi connectivity index (χ0) is 20.5. The molecule has 0 unspecified atom stereocenters. The first kappa shape index (κ1) is 20.8. The largest absolute Gasteiger partial charge is 0.493 e. The Labute approximate surface area is 170 Å². The van der Waals surface area contributed by atoms with E-state index in [0.717, 1.165) is 5.56 Å². The van der Waals surface area contributed by atoms with Crippen molar-refractivity contribution >= 4 is 11.8 Å². The normalized spacial score (nSPS) is 14.4. The van der Waals surface area contributed by atoms with Crippen LogP contribution in [0.25, 0.3) is 0 Å². The molecule has 6 heteroatoms. The van der Waals surface area contributed by atoms with Crippen molar-refractivity contribution in [1.29, 1.82) is 0 Å². The number of nitrogens with one attached hydrogen (secondary N) is 1. The summed E-state index contributed by atoms with van der Waals surface area (Å²) in [4.78, 5) is 26.5. The molecule has 0 saturated carbocycles. The fourth-order valence-electron chi connectivity index (χ4n) is 3.45. The van der Waals surface area contributed by atoms with Gasteiger partial charge in [-0.1, -0.05) is 36.4 Å². The maximum Gasteiger partial charge on any atom is 0.223 e. The molecule has 29 heavy (non-hydrogen) atoms. The van der Waals surface area contributed by atoms with E-state index in [9.17, 15) is 14.0 Å². The number of likely N-dealkylation sites (tertiary alicyclic amines) is 1. The fraction of sp³-hybridized carbons (Fsp3) is 0.391. The van der Waals surface area contributed by atoms with Crippen molar-refractivity contribution in [3.63, 3.8) is 0 Å². The Balaban J connectivity index is 1.32. The molecule has 0 aromatic heterocycles. The van der Waals surface area contributed by atoms with E-state index in [1.54, 1.807) is 12.1 Å². The predicted molar refractivity (Wildman–Crippen MR) is 109 cm³/mol. The molecule has 2 aromatic carbocycles. The van der Waals surface area contributed by atoms with Crippen LogP contribution in [0.4, 0.5) is 4.39 Å². The zero-order valence-corrected chi connectivity index (χ0v) is 16.5. The minimum Gasteiger partial charge on any atom is -0.493 e. The summed E-state index contributed by atoms with van der Waals surface area (Å²) in [6.07, 6.45) is 2.34. The van der Waals surface area contributed by atoms with Crippen molar-refractivity contribution in [2.75, 3.05) is 19.7 Å². The summed E-state index contributed by atoms with van der Waals surface area (Å²) in [5.41, 5.74) is 1.08. The molecule has 1 aliphatic rings. The average molecular weight is 398 g/mol. The molecule has 154 valence electrons. The van der Waals surface area contributed by atoms with Crippen molar-refractivity contribution in [1.82, 2.24) is 10.2 Å². The van der Waals surface area contributed by atoms with Crippen molar-refractivity contribution in [3.05, 3.63) is 66.0 Å². The van der Waals surface area contributed by atoms with Crippen LogP contribution in [0.15, 0.2) is 54.6 Å². The number of ether oxygens (including phenoxy) is 1. The molecular formula is C23H27FN2O3. The highest BCUT2D eigenvalue weighted by Crippen LogP contribution is 2.19. The first-order chi connectivity index (χ1) is 14.1. The minimum absolute atomic E-state index is 0.0425. The van der Waals surface area contributed by atoms with E-state index in [2.05, 4.69) is 5.32 Å². The third-order valence-corrected chi connectivity index (χ3v) is 5.13. The number of amides is 2. The van der Waals surface area contributed by atoms with E-state index >= 15 is 0 Å². The van der Waals surface area contributed by atoms with Crippen molar-refractivity contribution in [3.8, 4) is 5.75 Å². The summed E-state index contributed by atoms with van der Waals surface area (Å²) in [5, 5.41) is 2.99. The van der Waals surface area contributed by atoms with Crippen LogP contribution in [0, 0.1) is 11.7 Å². The highest BCUT2D eigenvalue weighted by atomic mass is 19.1. The van der Waals surface area contributed by atoms with E-state index in [1.807, 2.05) is 35.2 Å². The van der Waals surface area contributed by atoms with Gasteiger partial charge in [0.1, 0.15) is 11.6 Å². The van der Waals surface area contributed by atoms with E-state index in [0.29, 0.717) is 57.7 Å². The second-order valence-electron chi connectivity index (χ2n) is 7.27. The molecule has 1 heterocycles. The lowest BCUT2D eigenvalue weighted by atomic mass is 9.95. The first-order valence-electron chi connectivity index (χ1n) is 10.1. The Morgan fingerprint density at radius 2 is 1.83 bits per heavy atom. The highest BCUT2D eigenvalue weighted by Gasteiger charge is 2.26. The molecule has 0 atom stereocenters. The van der Waals surface area contributed by atoms with Gasteiger partial charge in [0.25, 0.3) is 0 Å². The van der Waals surface area contributed by atoms with E-state index in [1.165, 1.54) is 12.1 Å². The molecule has 0 bridgehead atoms. The van der Waals surface area contributed by atoms with Crippen molar-refractivity contribution < 1.29 is 18.7 Å². The molecule has 1 fully saturated rings. The fourth-order valence-corrected chi connectivity index (χ4v) is 3.45. The third-order valence-electron chi connectivity index (χ3n) is 5.13. The Hall–Kier alpha value is -2.89. The van der Waals surface area contributed by atoms with Gasteiger partial charge in [-0.15, -0.1) is 0 Å². The number of hydrogen-bond donors (Lipinski definition) is 1. The highest BCUT2D eigenvalue weighted by molar-refractivity contribution is 5.80. The molecule has 0 radical (unpaired) electrons. The molecular weight excluding hydrogens is 371 g/mol. The summed E-state index contributed by atoms with van der Waals surface area (Å²) in [5.74, 6) is 0.230. The van der Waals surface area contributed by atoms with Gasteiger partial charge in [-0.05, 0) is 37.0 Å². The molecule has 2 amide bonds. The number of rotatable bonds is 8. The minimum atomic E-state index is -0.339. The van der Waals surface area contributed by atoms with E-state index in [4.69, 9.17) is 4.74 Å². The van der Waals surface area contributed by atoms with Crippen LogP contribution in [0.1, 0.15) is 31.2 Å². The van der Waals surface area contributed by atoms with E-state index < -0.39 is 0 Å². The van der Waals surface area contributed by atoms with Crippen LogP contribution in [0.2, 0.25) is 0 Å². The lowest BCUT2D eigenvalue weighted by Crippen LogP contribution is -2.42. The number of piperidine rings is 1. The Morgan fingerprint density at radius 3 is 2.55 bits per heavy atom. The first-order valence-corrected chi connectivity index (χ1v) is 10.1. The Morgan fingerprint density at radius 1 is 1.07 bits per heavy atom. The molecule has 1 saturated heterocycles. The van der Waals surface area contributed by atoms with Crippen LogP contribution >= 0.6 is 0 Å². The summed E-state index contributed by atoms with van der Waals surface area (Å²) >= 11 is 0. The lowest BCUT2D eigenvalue weighted by Gasteiger charge is -2.31. The smallest absolute Gasteiger partial charge is 0.223 e. The maximum atomic E-state index is 13.1. The zero-order valence-electron chi connectivity index (χ0n) is 16.5. The molecule has 2 aromatic rings. The number of hydrogen-bond acceptors (Lipinski definition) is 3. The Kier molecular flexibility index (Phi) is 7.61. The summed E-state index contributed by atoms with van der Waals surface area (Å²) in [6, 6.07) is 15.8. The predicted octanol–water partition coefficient (Wildman–Crippen LogP) is 3.54. The second kappa shape index (κ2) is 10.6. The monoisotopic (exact) mass is 398 g/mol.